The maximum atomic E-state index is 13.2. The zero-order valence-corrected chi connectivity index (χ0v) is 9.49. The predicted octanol–water partition coefficient (Wildman–Crippen LogP) is 0.954. The zero-order chi connectivity index (χ0) is 12.5. The van der Waals surface area contributed by atoms with Crippen LogP contribution in [-0.4, -0.2) is 37.4 Å². The number of benzene rings is 1. The summed E-state index contributed by atoms with van der Waals surface area (Å²) in [4.78, 5) is 11.5. The van der Waals surface area contributed by atoms with E-state index in [9.17, 15) is 9.18 Å². The topological polar surface area (TPSA) is 58.6 Å². The minimum atomic E-state index is -0.526. The highest BCUT2D eigenvalue weighted by Gasteiger charge is 2.09. The highest BCUT2D eigenvalue weighted by Crippen LogP contribution is 2.05. The van der Waals surface area contributed by atoms with Crippen molar-refractivity contribution in [3.63, 3.8) is 0 Å². The van der Waals surface area contributed by atoms with Gasteiger partial charge in [-0.15, -0.1) is 0 Å². The first-order chi connectivity index (χ1) is 8.25. The lowest BCUT2D eigenvalue weighted by atomic mass is 10.2. The van der Waals surface area contributed by atoms with E-state index < -0.39 is 11.7 Å². The number of ether oxygens (including phenoxy) is 1. The van der Waals surface area contributed by atoms with E-state index in [0.717, 1.165) is 0 Å². The Hall–Kier alpha value is -1.46. The van der Waals surface area contributed by atoms with Crippen LogP contribution in [0.15, 0.2) is 24.3 Å². The second-order valence-corrected chi connectivity index (χ2v) is 3.43. The van der Waals surface area contributed by atoms with Gasteiger partial charge in [0.05, 0.1) is 18.8 Å². The average Bonchev–Trinajstić information content (AvgIpc) is 2.34. The number of nitrogens with one attached hydrogen (secondary N) is 1. The molecule has 0 fully saturated rings. The van der Waals surface area contributed by atoms with Gasteiger partial charge in [0.25, 0.3) is 5.91 Å². The summed E-state index contributed by atoms with van der Waals surface area (Å²) in [6.07, 6.45) is 0.625. The summed E-state index contributed by atoms with van der Waals surface area (Å²) in [5, 5.41) is 11.0. The van der Waals surface area contributed by atoms with E-state index in [2.05, 4.69) is 5.32 Å². The molecule has 94 valence electrons. The van der Waals surface area contributed by atoms with Crippen LogP contribution in [0.1, 0.15) is 16.8 Å². The summed E-state index contributed by atoms with van der Waals surface area (Å²) in [6, 6.07) is 5.84. The van der Waals surface area contributed by atoms with Crippen LogP contribution in [0.4, 0.5) is 4.39 Å². The third-order valence-electron chi connectivity index (χ3n) is 2.11. The molecule has 0 unspecified atom stereocenters. The fourth-order valence-corrected chi connectivity index (χ4v) is 1.28. The van der Waals surface area contributed by atoms with Crippen molar-refractivity contribution in [1.29, 1.82) is 0 Å². The molecule has 4 nitrogen and oxygen atoms in total. The number of hydrogen-bond donors (Lipinski definition) is 2. The maximum Gasteiger partial charge on any atom is 0.254 e. The molecule has 0 saturated carbocycles. The monoisotopic (exact) mass is 241 g/mol. The van der Waals surface area contributed by atoms with Gasteiger partial charge in [-0.3, -0.25) is 4.79 Å². The van der Waals surface area contributed by atoms with Crippen molar-refractivity contribution in [3.8, 4) is 0 Å². The molecule has 0 saturated heterocycles. The number of halogens is 1. The Bertz CT molecular complexity index is 357. The molecular formula is C12H16FNO3. The number of rotatable bonds is 7. The third-order valence-corrected chi connectivity index (χ3v) is 2.11. The van der Waals surface area contributed by atoms with Crippen molar-refractivity contribution in [2.45, 2.75) is 6.42 Å². The molecular weight excluding hydrogens is 225 g/mol. The van der Waals surface area contributed by atoms with Crippen LogP contribution in [0.5, 0.6) is 0 Å². The van der Waals surface area contributed by atoms with Crippen LogP contribution in [0.2, 0.25) is 0 Å². The van der Waals surface area contributed by atoms with E-state index in [1.807, 2.05) is 0 Å². The van der Waals surface area contributed by atoms with E-state index in [-0.39, 0.29) is 12.2 Å². The Kier molecular flexibility index (Phi) is 6.21. The van der Waals surface area contributed by atoms with Crippen molar-refractivity contribution in [2.24, 2.45) is 0 Å². The van der Waals surface area contributed by atoms with Gasteiger partial charge in [-0.05, 0) is 18.6 Å². The zero-order valence-electron chi connectivity index (χ0n) is 9.49. The Labute approximate surface area is 99.4 Å². The number of hydrogen-bond acceptors (Lipinski definition) is 3. The first-order valence-electron chi connectivity index (χ1n) is 5.47. The van der Waals surface area contributed by atoms with Crippen molar-refractivity contribution >= 4 is 5.91 Å². The fourth-order valence-electron chi connectivity index (χ4n) is 1.28. The molecule has 1 rings (SSSR count). The molecule has 2 N–H and O–H groups in total. The van der Waals surface area contributed by atoms with Crippen molar-refractivity contribution in [2.75, 3.05) is 26.4 Å². The maximum absolute atomic E-state index is 13.2. The van der Waals surface area contributed by atoms with E-state index in [4.69, 9.17) is 9.84 Å². The van der Waals surface area contributed by atoms with E-state index in [1.165, 1.54) is 18.2 Å². The first-order valence-corrected chi connectivity index (χ1v) is 5.47. The third kappa shape index (κ3) is 4.93. The predicted molar refractivity (Wildman–Crippen MR) is 61.3 cm³/mol. The summed E-state index contributed by atoms with van der Waals surface area (Å²) in [5.74, 6) is -0.952. The molecule has 17 heavy (non-hydrogen) atoms. The summed E-state index contributed by atoms with van der Waals surface area (Å²) >= 11 is 0. The van der Waals surface area contributed by atoms with Gasteiger partial charge in [0.1, 0.15) is 5.82 Å². The van der Waals surface area contributed by atoms with Gasteiger partial charge in [-0.25, -0.2) is 4.39 Å². The van der Waals surface area contributed by atoms with Crippen molar-refractivity contribution in [1.82, 2.24) is 5.32 Å². The second-order valence-electron chi connectivity index (χ2n) is 3.43. The molecule has 0 aliphatic heterocycles. The fraction of sp³-hybridized carbons (Fsp3) is 0.417. The Morgan fingerprint density at radius 3 is 2.82 bits per heavy atom. The molecule has 0 spiro atoms. The molecule has 5 heteroatoms. The molecule has 0 bridgehead atoms. The van der Waals surface area contributed by atoms with Crippen molar-refractivity contribution in [3.05, 3.63) is 35.6 Å². The van der Waals surface area contributed by atoms with Crippen LogP contribution >= 0.6 is 0 Å². The smallest absolute Gasteiger partial charge is 0.254 e. The van der Waals surface area contributed by atoms with Gasteiger partial charge in [0.15, 0.2) is 0 Å². The van der Waals surface area contributed by atoms with Gasteiger partial charge in [0, 0.05) is 13.2 Å². The molecule has 0 heterocycles. The molecule has 1 aromatic carbocycles. The average molecular weight is 241 g/mol. The summed E-state index contributed by atoms with van der Waals surface area (Å²) in [6.45, 7) is 1.15. The Morgan fingerprint density at radius 2 is 2.12 bits per heavy atom. The molecule has 0 aliphatic rings. The molecule has 0 radical (unpaired) electrons. The largest absolute Gasteiger partial charge is 0.394 e. The molecule has 0 atom stereocenters. The normalized spacial score (nSPS) is 10.2. The summed E-state index contributed by atoms with van der Waals surface area (Å²) in [5.41, 5.74) is 0.0452. The van der Waals surface area contributed by atoms with Gasteiger partial charge in [-0.2, -0.15) is 0 Å². The highest BCUT2D eigenvalue weighted by atomic mass is 19.1. The molecule has 1 amide bonds. The minimum absolute atomic E-state index is 0.0123. The van der Waals surface area contributed by atoms with Crippen LogP contribution in [-0.2, 0) is 4.74 Å². The molecule has 1 aromatic rings. The van der Waals surface area contributed by atoms with Crippen molar-refractivity contribution < 1.29 is 19.0 Å². The lowest BCUT2D eigenvalue weighted by Crippen LogP contribution is -2.26. The summed E-state index contributed by atoms with van der Waals surface area (Å²) in [7, 11) is 0. The standard InChI is InChI=1S/C12H16FNO3/c13-11-5-2-1-4-10(11)12(16)14-6-3-8-17-9-7-15/h1-2,4-5,15H,3,6-9H2,(H,14,16). The van der Waals surface area contributed by atoms with E-state index in [1.54, 1.807) is 6.07 Å². The second kappa shape index (κ2) is 7.76. The van der Waals surface area contributed by atoms with Gasteiger partial charge in [-0.1, -0.05) is 12.1 Å². The Balaban J connectivity index is 2.24. The number of amides is 1. The molecule has 0 aromatic heterocycles. The minimum Gasteiger partial charge on any atom is -0.394 e. The number of aliphatic hydroxyl groups is 1. The Morgan fingerprint density at radius 1 is 1.35 bits per heavy atom. The van der Waals surface area contributed by atoms with E-state index >= 15 is 0 Å². The number of carbonyl (C=O) groups excluding carboxylic acids is 1. The van der Waals surface area contributed by atoms with Crippen LogP contribution in [0.3, 0.4) is 0 Å². The summed E-state index contributed by atoms with van der Waals surface area (Å²) < 4.78 is 18.2. The lowest BCUT2D eigenvalue weighted by molar-refractivity contribution is 0.0866. The van der Waals surface area contributed by atoms with Crippen LogP contribution < -0.4 is 5.32 Å². The van der Waals surface area contributed by atoms with Gasteiger partial charge in [0.2, 0.25) is 0 Å². The number of carbonyl (C=O) groups is 1. The van der Waals surface area contributed by atoms with Gasteiger partial charge >= 0.3 is 0 Å². The van der Waals surface area contributed by atoms with Crippen LogP contribution in [0.25, 0.3) is 0 Å². The van der Waals surface area contributed by atoms with Gasteiger partial charge < -0.3 is 15.2 Å². The molecule has 0 aliphatic carbocycles. The van der Waals surface area contributed by atoms with E-state index in [0.29, 0.717) is 26.2 Å². The quantitative estimate of drug-likeness (QED) is 0.699. The van der Waals surface area contributed by atoms with Crippen LogP contribution in [0, 0.1) is 5.82 Å². The first kappa shape index (κ1) is 13.6. The SMILES string of the molecule is O=C(NCCCOCCO)c1ccccc1F. The number of aliphatic hydroxyl groups excluding tert-OH is 1. The lowest BCUT2D eigenvalue weighted by Gasteiger charge is -2.06. The highest BCUT2D eigenvalue weighted by molar-refractivity contribution is 5.94.